The first kappa shape index (κ1) is 21.5. The second-order valence-corrected chi connectivity index (χ2v) is 10.1. The monoisotopic (exact) mass is 428 g/mol. The molecule has 1 aromatic carbocycles. The predicted molar refractivity (Wildman–Crippen MR) is 116 cm³/mol. The molecule has 168 valence electrons. The highest BCUT2D eigenvalue weighted by molar-refractivity contribution is 5.99. The van der Waals surface area contributed by atoms with Gasteiger partial charge >= 0.3 is 0 Å². The Hall–Kier alpha value is -2.77. The third kappa shape index (κ3) is 4.34. The van der Waals surface area contributed by atoms with Crippen molar-refractivity contribution >= 4 is 17.8 Å². The van der Waals surface area contributed by atoms with Gasteiger partial charge in [-0.25, -0.2) is 0 Å². The highest BCUT2D eigenvalue weighted by atomic mass is 16.5. The summed E-state index contributed by atoms with van der Waals surface area (Å²) in [5.41, 5.74) is 0.0516. The zero-order chi connectivity index (χ0) is 22.6. The molecule has 2 amide bonds. The SMILES string of the molecule is COc1cccc2c1C(NC(=O)[C@@H]1C[C@H]1CN1C(=N)NC(C)(C)CC1=O)CC(C)(C)O2. The highest BCUT2D eigenvalue weighted by Crippen LogP contribution is 2.46. The number of nitrogens with zero attached hydrogens (tertiary/aromatic N) is 1. The van der Waals surface area contributed by atoms with Gasteiger partial charge in [0.1, 0.15) is 17.1 Å². The summed E-state index contributed by atoms with van der Waals surface area (Å²) in [7, 11) is 1.62. The number of rotatable bonds is 5. The van der Waals surface area contributed by atoms with Crippen LogP contribution in [0.25, 0.3) is 0 Å². The molecule has 1 aliphatic carbocycles. The Balaban J connectivity index is 1.42. The number of hydrogen-bond acceptors (Lipinski definition) is 5. The lowest BCUT2D eigenvalue weighted by molar-refractivity contribution is -0.131. The van der Waals surface area contributed by atoms with Crippen molar-refractivity contribution in [2.45, 2.75) is 64.1 Å². The number of carbonyl (C=O) groups is 2. The fraction of sp³-hybridized carbons (Fsp3) is 0.609. The van der Waals surface area contributed by atoms with Gasteiger partial charge in [-0.1, -0.05) is 6.07 Å². The van der Waals surface area contributed by atoms with Crippen molar-refractivity contribution in [1.29, 1.82) is 5.41 Å². The molecule has 0 spiro atoms. The van der Waals surface area contributed by atoms with Gasteiger partial charge in [0.05, 0.1) is 18.7 Å². The summed E-state index contributed by atoms with van der Waals surface area (Å²) < 4.78 is 11.6. The van der Waals surface area contributed by atoms with Crippen LogP contribution in [-0.2, 0) is 9.59 Å². The van der Waals surface area contributed by atoms with Crippen molar-refractivity contribution in [2.24, 2.45) is 11.8 Å². The van der Waals surface area contributed by atoms with E-state index in [1.165, 1.54) is 4.90 Å². The minimum Gasteiger partial charge on any atom is -0.496 e. The summed E-state index contributed by atoms with van der Waals surface area (Å²) in [6.07, 6.45) is 1.70. The van der Waals surface area contributed by atoms with Crippen LogP contribution in [-0.4, -0.2) is 47.5 Å². The first-order valence-electron chi connectivity index (χ1n) is 10.8. The number of hydrogen-bond donors (Lipinski definition) is 3. The summed E-state index contributed by atoms with van der Waals surface area (Å²) in [5.74, 6) is 1.38. The normalized spacial score (nSPS) is 28.2. The molecular weight excluding hydrogens is 396 g/mol. The van der Waals surface area contributed by atoms with E-state index in [2.05, 4.69) is 10.6 Å². The van der Waals surface area contributed by atoms with Crippen molar-refractivity contribution in [3.8, 4) is 11.5 Å². The molecule has 2 heterocycles. The minimum atomic E-state index is -0.409. The van der Waals surface area contributed by atoms with Gasteiger partial charge < -0.3 is 20.1 Å². The molecule has 3 atom stereocenters. The third-order valence-electron chi connectivity index (χ3n) is 6.29. The van der Waals surface area contributed by atoms with Crippen LogP contribution in [0.5, 0.6) is 11.5 Å². The van der Waals surface area contributed by atoms with E-state index in [0.29, 0.717) is 25.1 Å². The molecule has 0 bridgehead atoms. The summed E-state index contributed by atoms with van der Waals surface area (Å²) in [5, 5.41) is 14.4. The lowest BCUT2D eigenvalue weighted by Crippen LogP contribution is -2.60. The summed E-state index contributed by atoms with van der Waals surface area (Å²) in [6.45, 7) is 8.24. The standard InChI is InChI=1S/C23H32N4O4/c1-22(2)11-18(28)27(21(24)26-22)12-13-9-14(13)20(29)25-15-10-23(3,4)31-17-8-6-7-16(30-5)19(15)17/h6-8,13-15H,9-12H2,1-5H3,(H2,24,26)(H,25,29)/t13-,14+,15?/m0/s1. The first-order valence-corrected chi connectivity index (χ1v) is 10.8. The number of benzene rings is 1. The van der Waals surface area contributed by atoms with Gasteiger partial charge in [0.25, 0.3) is 0 Å². The minimum absolute atomic E-state index is 0.0196. The number of guanidine groups is 1. The zero-order valence-electron chi connectivity index (χ0n) is 18.9. The molecule has 0 radical (unpaired) electrons. The topological polar surface area (TPSA) is 104 Å². The van der Waals surface area contributed by atoms with E-state index >= 15 is 0 Å². The molecule has 2 fully saturated rings. The molecule has 1 aromatic rings. The Morgan fingerprint density at radius 1 is 1.35 bits per heavy atom. The largest absolute Gasteiger partial charge is 0.496 e. The molecule has 3 N–H and O–H groups in total. The third-order valence-corrected chi connectivity index (χ3v) is 6.29. The molecule has 8 heteroatoms. The van der Waals surface area contributed by atoms with Gasteiger partial charge in [0.2, 0.25) is 11.8 Å². The van der Waals surface area contributed by atoms with E-state index in [0.717, 1.165) is 17.7 Å². The van der Waals surface area contributed by atoms with E-state index in [1.807, 2.05) is 45.9 Å². The van der Waals surface area contributed by atoms with Gasteiger partial charge in [0.15, 0.2) is 5.96 Å². The molecule has 8 nitrogen and oxygen atoms in total. The number of fused-ring (bicyclic) bond motifs is 1. The Bertz CT molecular complexity index is 906. The fourth-order valence-corrected chi connectivity index (χ4v) is 4.70. The highest BCUT2D eigenvalue weighted by Gasteiger charge is 2.48. The number of amides is 2. The van der Waals surface area contributed by atoms with Gasteiger partial charge in [-0.3, -0.25) is 19.9 Å². The second kappa shape index (κ2) is 7.43. The Kier molecular flexibility index (Phi) is 5.14. The van der Waals surface area contributed by atoms with Crippen LogP contribution >= 0.6 is 0 Å². The Morgan fingerprint density at radius 3 is 2.77 bits per heavy atom. The average Bonchev–Trinajstić information content (AvgIpc) is 3.42. The Morgan fingerprint density at radius 2 is 2.10 bits per heavy atom. The lowest BCUT2D eigenvalue weighted by Gasteiger charge is -2.39. The summed E-state index contributed by atoms with van der Waals surface area (Å²) in [4.78, 5) is 27.0. The molecule has 3 aliphatic rings. The number of ether oxygens (including phenoxy) is 2. The van der Waals surface area contributed by atoms with Crippen molar-refractivity contribution in [3.05, 3.63) is 23.8 Å². The van der Waals surface area contributed by atoms with Crippen LogP contribution in [0.2, 0.25) is 0 Å². The predicted octanol–water partition coefficient (Wildman–Crippen LogP) is 2.58. The number of methoxy groups -OCH3 is 1. The number of carbonyl (C=O) groups excluding carboxylic acids is 2. The zero-order valence-corrected chi connectivity index (χ0v) is 18.9. The quantitative estimate of drug-likeness (QED) is 0.669. The van der Waals surface area contributed by atoms with Crippen LogP contribution in [0, 0.1) is 17.2 Å². The average molecular weight is 429 g/mol. The van der Waals surface area contributed by atoms with Crippen molar-refractivity contribution in [2.75, 3.05) is 13.7 Å². The van der Waals surface area contributed by atoms with Crippen LogP contribution in [0.15, 0.2) is 18.2 Å². The van der Waals surface area contributed by atoms with Gasteiger partial charge in [-0.15, -0.1) is 0 Å². The molecule has 0 aromatic heterocycles. The van der Waals surface area contributed by atoms with Gasteiger partial charge in [-0.2, -0.15) is 0 Å². The van der Waals surface area contributed by atoms with E-state index in [1.54, 1.807) is 7.11 Å². The van der Waals surface area contributed by atoms with Gasteiger partial charge in [-0.05, 0) is 52.2 Å². The molecule has 31 heavy (non-hydrogen) atoms. The molecule has 1 unspecified atom stereocenters. The van der Waals surface area contributed by atoms with Gasteiger partial charge in [0, 0.05) is 30.8 Å². The molecule has 2 aliphatic heterocycles. The maximum Gasteiger partial charge on any atom is 0.231 e. The van der Waals surface area contributed by atoms with Crippen LogP contribution < -0.4 is 20.1 Å². The van der Waals surface area contributed by atoms with E-state index in [4.69, 9.17) is 14.9 Å². The maximum atomic E-state index is 13.0. The van der Waals surface area contributed by atoms with Crippen molar-refractivity contribution < 1.29 is 19.1 Å². The van der Waals surface area contributed by atoms with Crippen LogP contribution in [0.1, 0.15) is 58.6 Å². The van der Waals surface area contributed by atoms with Crippen molar-refractivity contribution in [1.82, 2.24) is 15.5 Å². The Labute approximate surface area is 183 Å². The molecule has 4 rings (SSSR count). The van der Waals surface area contributed by atoms with E-state index in [9.17, 15) is 9.59 Å². The summed E-state index contributed by atoms with van der Waals surface area (Å²) in [6, 6.07) is 5.46. The van der Waals surface area contributed by atoms with Crippen molar-refractivity contribution in [3.63, 3.8) is 0 Å². The van der Waals surface area contributed by atoms with E-state index in [-0.39, 0.29) is 35.7 Å². The fourth-order valence-electron chi connectivity index (χ4n) is 4.70. The molecule has 1 saturated carbocycles. The number of nitrogens with one attached hydrogen (secondary N) is 3. The second-order valence-electron chi connectivity index (χ2n) is 10.1. The summed E-state index contributed by atoms with van der Waals surface area (Å²) >= 11 is 0. The van der Waals surface area contributed by atoms with E-state index < -0.39 is 11.1 Å². The molecular formula is C23H32N4O4. The van der Waals surface area contributed by atoms with Crippen LogP contribution in [0.3, 0.4) is 0 Å². The molecule has 1 saturated heterocycles. The maximum absolute atomic E-state index is 13.0. The van der Waals surface area contributed by atoms with Crippen LogP contribution in [0.4, 0.5) is 0 Å². The first-order chi connectivity index (χ1) is 14.5. The lowest BCUT2D eigenvalue weighted by atomic mass is 9.89. The smallest absolute Gasteiger partial charge is 0.231 e.